The van der Waals surface area contributed by atoms with E-state index in [9.17, 15) is 9.18 Å². The van der Waals surface area contributed by atoms with Gasteiger partial charge in [-0.1, -0.05) is 11.6 Å². The van der Waals surface area contributed by atoms with Gasteiger partial charge in [0.05, 0.1) is 17.0 Å². The van der Waals surface area contributed by atoms with Crippen molar-refractivity contribution in [2.45, 2.75) is 13.3 Å². The van der Waals surface area contributed by atoms with Crippen LogP contribution in [-0.4, -0.2) is 5.78 Å². The van der Waals surface area contributed by atoms with E-state index in [1.807, 2.05) is 6.07 Å². The second-order valence-corrected chi connectivity index (χ2v) is 3.69. The maximum Gasteiger partial charge on any atom is 0.164 e. The van der Waals surface area contributed by atoms with Crippen LogP contribution in [0, 0.1) is 23.1 Å². The molecule has 0 bridgehead atoms. The van der Waals surface area contributed by atoms with Crippen LogP contribution in [0.25, 0.3) is 0 Å². The predicted octanol–water partition coefficient (Wildman–Crippen LogP) is 3.21. The Hall–Kier alpha value is -1.40. The summed E-state index contributed by atoms with van der Waals surface area (Å²) in [6.07, 6.45) is 0.123. The number of hydrogen-bond donors (Lipinski definition) is 0. The minimum Gasteiger partial charge on any atom is -0.294 e. The van der Waals surface area contributed by atoms with Crippen molar-refractivity contribution < 1.29 is 9.18 Å². The zero-order chi connectivity index (χ0) is 11.4. The number of nitrogens with zero attached hydrogens (tertiary/aromatic N) is 1. The van der Waals surface area contributed by atoms with E-state index in [1.165, 1.54) is 12.1 Å². The van der Waals surface area contributed by atoms with Gasteiger partial charge in [-0.05, 0) is 25.1 Å². The maximum atomic E-state index is 12.8. The fourth-order valence-electron chi connectivity index (χ4n) is 1.11. The molecule has 0 N–H and O–H groups in total. The van der Waals surface area contributed by atoms with Gasteiger partial charge in [0, 0.05) is 12.0 Å². The molecular formula is C11H9ClFNO. The molecule has 2 nitrogen and oxygen atoms in total. The van der Waals surface area contributed by atoms with Gasteiger partial charge in [0.1, 0.15) is 5.82 Å². The number of ketones is 1. The Bertz CT molecular complexity index is 425. The van der Waals surface area contributed by atoms with Gasteiger partial charge in [-0.15, -0.1) is 0 Å². The SMILES string of the molecule is CC(C#N)CC(=O)c1ccc(F)c(Cl)c1. The minimum atomic E-state index is -0.554. The number of nitriles is 1. The van der Waals surface area contributed by atoms with E-state index in [-0.39, 0.29) is 23.1 Å². The Morgan fingerprint density at radius 2 is 2.33 bits per heavy atom. The lowest BCUT2D eigenvalue weighted by atomic mass is 10.0. The first-order valence-corrected chi connectivity index (χ1v) is 4.80. The molecule has 0 saturated carbocycles. The molecule has 1 atom stereocenters. The summed E-state index contributed by atoms with van der Waals surface area (Å²) in [6.45, 7) is 1.66. The van der Waals surface area contributed by atoms with Gasteiger partial charge in [-0.3, -0.25) is 4.79 Å². The third kappa shape index (κ3) is 3.03. The molecule has 0 aliphatic carbocycles. The van der Waals surface area contributed by atoms with E-state index in [2.05, 4.69) is 0 Å². The summed E-state index contributed by atoms with van der Waals surface area (Å²) in [4.78, 5) is 11.5. The maximum absolute atomic E-state index is 12.8. The van der Waals surface area contributed by atoms with Crippen LogP contribution in [0.3, 0.4) is 0 Å². The van der Waals surface area contributed by atoms with Crippen LogP contribution in [-0.2, 0) is 0 Å². The number of rotatable bonds is 3. The number of carbonyl (C=O) groups is 1. The van der Waals surface area contributed by atoms with Gasteiger partial charge in [0.25, 0.3) is 0 Å². The first kappa shape index (κ1) is 11.7. The largest absolute Gasteiger partial charge is 0.294 e. The lowest BCUT2D eigenvalue weighted by Crippen LogP contribution is -2.04. The second kappa shape index (κ2) is 4.90. The molecule has 0 spiro atoms. The molecule has 78 valence electrons. The van der Waals surface area contributed by atoms with Gasteiger partial charge < -0.3 is 0 Å². The van der Waals surface area contributed by atoms with Crippen LogP contribution < -0.4 is 0 Å². The zero-order valence-corrected chi connectivity index (χ0v) is 8.88. The molecule has 0 heterocycles. The first-order valence-electron chi connectivity index (χ1n) is 4.42. The van der Waals surface area contributed by atoms with E-state index in [1.54, 1.807) is 6.92 Å². The highest BCUT2D eigenvalue weighted by Gasteiger charge is 2.12. The molecule has 0 aliphatic rings. The standard InChI is InChI=1S/C11H9ClFNO/c1-7(6-14)4-11(15)8-2-3-10(13)9(12)5-8/h2-3,5,7H,4H2,1H3. The van der Waals surface area contributed by atoms with Gasteiger partial charge in [-0.25, -0.2) is 4.39 Å². The molecule has 0 aliphatic heterocycles. The fourth-order valence-corrected chi connectivity index (χ4v) is 1.29. The molecule has 0 aromatic heterocycles. The summed E-state index contributed by atoms with van der Waals surface area (Å²) in [6, 6.07) is 5.76. The molecule has 0 radical (unpaired) electrons. The van der Waals surface area contributed by atoms with Crippen molar-refractivity contribution in [2.75, 3.05) is 0 Å². The average molecular weight is 226 g/mol. The summed E-state index contributed by atoms with van der Waals surface area (Å²) in [5.74, 6) is -1.10. The summed E-state index contributed by atoms with van der Waals surface area (Å²) in [5, 5.41) is 8.46. The van der Waals surface area contributed by atoms with Crippen molar-refractivity contribution in [1.82, 2.24) is 0 Å². The molecule has 1 unspecified atom stereocenters. The molecule has 1 rings (SSSR count). The van der Waals surface area contributed by atoms with E-state index >= 15 is 0 Å². The second-order valence-electron chi connectivity index (χ2n) is 3.29. The van der Waals surface area contributed by atoms with Crippen molar-refractivity contribution in [2.24, 2.45) is 5.92 Å². The molecular weight excluding hydrogens is 217 g/mol. The Morgan fingerprint density at radius 1 is 1.67 bits per heavy atom. The van der Waals surface area contributed by atoms with Gasteiger partial charge in [0.15, 0.2) is 5.78 Å². The van der Waals surface area contributed by atoms with Crippen LogP contribution in [0.4, 0.5) is 4.39 Å². The Morgan fingerprint density at radius 3 is 2.87 bits per heavy atom. The van der Waals surface area contributed by atoms with Crippen LogP contribution in [0.2, 0.25) is 5.02 Å². The lowest BCUT2D eigenvalue weighted by molar-refractivity contribution is 0.0972. The van der Waals surface area contributed by atoms with Gasteiger partial charge in [0.2, 0.25) is 0 Å². The van der Waals surface area contributed by atoms with Crippen molar-refractivity contribution in [1.29, 1.82) is 5.26 Å². The average Bonchev–Trinajstić information content (AvgIpc) is 2.21. The Labute approximate surface area is 92.3 Å². The van der Waals surface area contributed by atoms with Crippen LogP contribution in [0.15, 0.2) is 18.2 Å². The normalized spacial score (nSPS) is 11.9. The fraction of sp³-hybridized carbons (Fsp3) is 0.273. The highest BCUT2D eigenvalue weighted by atomic mass is 35.5. The highest BCUT2D eigenvalue weighted by Crippen LogP contribution is 2.18. The third-order valence-electron chi connectivity index (χ3n) is 1.95. The van der Waals surface area contributed by atoms with Crippen molar-refractivity contribution in [3.63, 3.8) is 0 Å². The smallest absolute Gasteiger partial charge is 0.164 e. The first-order chi connectivity index (χ1) is 7.04. The topological polar surface area (TPSA) is 40.9 Å². The quantitative estimate of drug-likeness (QED) is 0.741. The highest BCUT2D eigenvalue weighted by molar-refractivity contribution is 6.31. The van der Waals surface area contributed by atoms with Crippen LogP contribution in [0.1, 0.15) is 23.7 Å². The molecule has 4 heteroatoms. The third-order valence-corrected chi connectivity index (χ3v) is 2.24. The minimum absolute atomic E-state index is 0.0783. The van der Waals surface area contributed by atoms with E-state index in [0.29, 0.717) is 5.56 Å². The van der Waals surface area contributed by atoms with Crippen molar-refractivity contribution in [3.8, 4) is 6.07 Å². The zero-order valence-electron chi connectivity index (χ0n) is 8.13. The summed E-state index contributed by atoms with van der Waals surface area (Å²) in [5.41, 5.74) is 0.337. The van der Waals surface area contributed by atoms with Crippen molar-refractivity contribution >= 4 is 17.4 Å². The van der Waals surface area contributed by atoms with Gasteiger partial charge in [-0.2, -0.15) is 5.26 Å². The molecule has 1 aromatic rings. The van der Waals surface area contributed by atoms with Gasteiger partial charge >= 0.3 is 0 Å². The molecule has 15 heavy (non-hydrogen) atoms. The van der Waals surface area contributed by atoms with E-state index < -0.39 is 5.82 Å². The summed E-state index contributed by atoms with van der Waals surface area (Å²) >= 11 is 5.54. The number of carbonyl (C=O) groups excluding carboxylic acids is 1. The Balaban J connectivity index is 2.84. The van der Waals surface area contributed by atoms with Crippen LogP contribution >= 0.6 is 11.6 Å². The van der Waals surface area contributed by atoms with Crippen LogP contribution in [0.5, 0.6) is 0 Å². The molecule has 0 fully saturated rings. The van der Waals surface area contributed by atoms with E-state index in [4.69, 9.17) is 16.9 Å². The monoisotopic (exact) mass is 225 g/mol. The Kier molecular flexibility index (Phi) is 3.81. The summed E-state index contributed by atoms with van der Waals surface area (Å²) in [7, 11) is 0. The number of halogens is 2. The number of benzene rings is 1. The predicted molar refractivity (Wildman–Crippen MR) is 55.1 cm³/mol. The molecule has 0 amide bonds. The number of Topliss-reactive ketones (excluding diaryl/α,β-unsaturated/α-hetero) is 1. The molecule has 0 saturated heterocycles. The van der Waals surface area contributed by atoms with Crippen molar-refractivity contribution in [3.05, 3.63) is 34.6 Å². The van der Waals surface area contributed by atoms with E-state index in [0.717, 1.165) is 6.07 Å². The number of hydrogen-bond acceptors (Lipinski definition) is 2. The summed E-state index contributed by atoms with van der Waals surface area (Å²) < 4.78 is 12.8. The molecule has 1 aromatic carbocycles. The lowest BCUT2D eigenvalue weighted by Gasteiger charge is -2.03.